The van der Waals surface area contributed by atoms with Gasteiger partial charge in [-0.3, -0.25) is 115 Å². The number of hydrogen-bond donors (Lipinski definition) is 19. The van der Waals surface area contributed by atoms with Gasteiger partial charge >= 0.3 is 29.9 Å². The zero-order valence-corrected chi connectivity index (χ0v) is 85.1. The van der Waals surface area contributed by atoms with Crippen LogP contribution in [0.4, 0.5) is 4.79 Å². The molecule has 0 aliphatic carbocycles. The summed E-state index contributed by atoms with van der Waals surface area (Å²) in [6.07, 6.45) is 4.11. The summed E-state index contributed by atoms with van der Waals surface area (Å²) in [4.78, 5) is 320. The van der Waals surface area contributed by atoms with Crippen molar-refractivity contribution in [2.75, 3.05) is 116 Å². The van der Waals surface area contributed by atoms with Crippen molar-refractivity contribution in [2.45, 2.75) is 259 Å². The molecule has 2 heterocycles. The molecule has 0 spiro atoms. The van der Waals surface area contributed by atoms with Crippen LogP contribution in [0.3, 0.4) is 0 Å². The van der Waals surface area contributed by atoms with Crippen molar-refractivity contribution in [1.29, 1.82) is 0 Å². The van der Waals surface area contributed by atoms with Crippen LogP contribution in [-0.4, -0.2) is 320 Å². The van der Waals surface area contributed by atoms with Gasteiger partial charge in [-0.1, -0.05) is 65.6 Å². The maximum absolute atomic E-state index is 14.3. The molecule has 0 bridgehead atoms. The van der Waals surface area contributed by atoms with E-state index in [4.69, 9.17) is 5.73 Å². The van der Waals surface area contributed by atoms with E-state index in [1.54, 1.807) is 11.8 Å². The molecular weight excluding hydrogens is 1970 g/mol. The number of carbonyl (C=O) groups excluding carboxylic acids is 25. The SMILES string of the molecule is COC(=O)CSC(=O)CCCC(=O)NCCCC[C@H](NC(=O)CCCC(=O)SCC(=O)OC)C(=O)NCC(=O)NCCCC[C@H](NC(=O)CNC(=O)[C@H](CCCCNC(=O)CCCC(=O)SCC(=O)OC)NC(=O)CCCC(=O)SCC(=O)OC)C(=O)NCCCC[C@H](NC(=O)CNC=O)C(=O)NCC(=O)N[C@@H](CCCCNC(=O)CCCC[C@@H]1SCC2NC(=O)NC21)C(=O)N[C@@H](Cc1ccc(O)cc1)C(N)=O. The van der Waals surface area contributed by atoms with Crippen molar-refractivity contribution < 1.29 is 144 Å². The van der Waals surface area contributed by atoms with E-state index in [1.165, 1.54) is 38.5 Å². The molecule has 2 unspecified atom stereocenters. The van der Waals surface area contributed by atoms with E-state index in [-0.39, 0.29) is 298 Å². The highest BCUT2D eigenvalue weighted by atomic mass is 32.2. The summed E-state index contributed by atoms with van der Waals surface area (Å²) in [5, 5.41) is 53.2. The Morgan fingerprint density at radius 1 is 0.371 bits per heavy atom. The molecule has 20 N–H and O–H groups in total. The van der Waals surface area contributed by atoms with Crippen LogP contribution < -0.4 is 96.1 Å². The van der Waals surface area contributed by atoms with Crippen molar-refractivity contribution >= 4 is 204 Å². The molecule has 0 radical (unpaired) electrons. The molecule has 798 valence electrons. The Morgan fingerprint density at radius 3 is 1.06 bits per heavy atom. The van der Waals surface area contributed by atoms with Gasteiger partial charge in [-0.25, -0.2) is 4.79 Å². The van der Waals surface area contributed by atoms with Crippen LogP contribution in [0.5, 0.6) is 5.75 Å². The number of carbonyl (C=O) groups is 25. The predicted molar refractivity (Wildman–Crippen MR) is 527 cm³/mol. The Balaban J connectivity index is 1.81. The van der Waals surface area contributed by atoms with Crippen LogP contribution in [0.1, 0.15) is 205 Å². The third-order valence-electron chi connectivity index (χ3n) is 21.6. The molecule has 1 aromatic rings. The fraction of sp³-hybridized carbons (Fsp3) is 0.656. The van der Waals surface area contributed by atoms with E-state index in [2.05, 4.69) is 109 Å². The standard InChI is InChI=1S/C90H138N18O30S5/c1-135-75(120)51-140-79(124)32-17-28-67(112)94-41-12-7-22-59(101-69(114)30-19-34-81(126)142-53-77(122)137-3)86(130)98-47-71(116)96-43-15-9-21-58(104-73(118)48-99-87(131)60(102-70(115)31-20-35-82(127)143-54-78(123)138-4)23-8-13-42-95-68(113)29-18-33-80(125)141-52-76(121)136-2)85(129)97-44-16-11-24-61(103-72(117)46-92-55-109)88(132)100-49-74(119)105-62(89(133)106-63(84(91)128)45-56-36-38-57(110)39-37-56)25-10-14-40-93-66(111)27-6-5-26-65-83-64(50-139-65)107-90(134)108-83/h36-39,55,58-65,83,110H,5-35,40-54H2,1-4H3,(H2,91,128)(H,92,109)(H,93,111)(H,94,112)(H,95,113)(H,96,116)(H,97,129)(H,98,130)(H,99,131)(H,100,132)(H,101,114)(H,102,115)(H,103,117)(H,104,118)(H,105,119)(H,106,133)(H2,107,108,134)/t58-,59-,60-,61-,62-,63-,64?,65-,83?/m0/s1. The number of hydrogen-bond acceptors (Lipinski definition) is 35. The first-order valence-corrected chi connectivity index (χ1v) is 52.2. The maximum Gasteiger partial charge on any atom is 0.316 e. The molecular formula is C90H138N18O30S5. The molecule has 0 aromatic heterocycles. The number of methoxy groups -OCH3 is 4. The lowest BCUT2D eigenvalue weighted by atomic mass is 10.0. The van der Waals surface area contributed by atoms with E-state index in [0.717, 1.165) is 56.3 Å². The Morgan fingerprint density at radius 2 is 0.692 bits per heavy atom. The minimum atomic E-state index is -1.40. The molecule has 18 amide bonds. The second kappa shape index (κ2) is 75.0. The molecule has 3 rings (SSSR count). The van der Waals surface area contributed by atoms with Gasteiger partial charge in [0.25, 0.3) is 0 Å². The maximum atomic E-state index is 14.3. The molecule has 2 fully saturated rings. The number of primary amides is 1. The number of nitrogens with two attached hydrogens (primary N) is 1. The number of phenolic OH excluding ortho intramolecular Hbond substituents is 1. The summed E-state index contributed by atoms with van der Waals surface area (Å²) in [5.74, 6) is -13.1. The van der Waals surface area contributed by atoms with Crippen molar-refractivity contribution in [3.63, 3.8) is 0 Å². The summed E-state index contributed by atoms with van der Waals surface area (Å²) >= 11 is 4.71. The second-order valence-electron chi connectivity index (χ2n) is 33.0. The Hall–Kier alpha value is -11.9. The van der Waals surface area contributed by atoms with Gasteiger partial charge in [0.15, 0.2) is 20.5 Å². The highest BCUT2D eigenvalue weighted by molar-refractivity contribution is 8.15. The summed E-state index contributed by atoms with van der Waals surface area (Å²) < 4.78 is 18.2. The van der Waals surface area contributed by atoms with Crippen LogP contribution in [-0.2, 0) is 140 Å². The van der Waals surface area contributed by atoms with Gasteiger partial charge in [-0.2, -0.15) is 11.8 Å². The number of ether oxygens (including phenoxy) is 4. The number of urea groups is 1. The van der Waals surface area contributed by atoms with E-state index in [9.17, 15) is 125 Å². The lowest BCUT2D eigenvalue weighted by molar-refractivity contribution is -0.138. The lowest BCUT2D eigenvalue weighted by Crippen LogP contribution is -2.55. The van der Waals surface area contributed by atoms with E-state index in [1.807, 2.05) is 0 Å². The Kier molecular flexibility index (Phi) is 65.7. The van der Waals surface area contributed by atoms with Crippen LogP contribution in [0.2, 0.25) is 0 Å². The topological polar surface area (TPSA) is 714 Å². The fourth-order valence-corrected chi connectivity index (χ4v) is 18.1. The normalized spacial score (nSPS) is 14.4. The van der Waals surface area contributed by atoms with Gasteiger partial charge in [0, 0.05) is 108 Å². The molecule has 53 heteroatoms. The van der Waals surface area contributed by atoms with Gasteiger partial charge < -0.3 is 120 Å². The quantitative estimate of drug-likeness (QED) is 0.0110. The van der Waals surface area contributed by atoms with Crippen molar-refractivity contribution in [2.24, 2.45) is 5.73 Å². The van der Waals surface area contributed by atoms with E-state index < -0.39 is 162 Å². The van der Waals surface area contributed by atoms with Crippen LogP contribution in [0, 0.1) is 0 Å². The van der Waals surface area contributed by atoms with Gasteiger partial charge in [0.05, 0.1) is 89.7 Å². The number of nitrogens with one attached hydrogen (secondary N) is 17. The first-order chi connectivity index (χ1) is 68.4. The molecule has 2 aliphatic rings. The number of amides is 18. The molecule has 9 atom stereocenters. The monoisotopic (exact) mass is 2110 g/mol. The molecule has 2 aliphatic heterocycles. The molecule has 1 aromatic carbocycles. The number of aromatic hydroxyl groups is 1. The van der Waals surface area contributed by atoms with Crippen molar-refractivity contribution in [1.82, 2.24) is 90.4 Å². The van der Waals surface area contributed by atoms with E-state index >= 15 is 0 Å². The predicted octanol–water partition coefficient (Wildman–Crippen LogP) is -2.01. The lowest BCUT2D eigenvalue weighted by Gasteiger charge is -2.23. The second-order valence-corrected chi connectivity index (χ2v) is 38.4. The zero-order valence-electron chi connectivity index (χ0n) is 81.0. The number of benzene rings is 1. The number of phenols is 1. The Labute approximate surface area is 850 Å². The minimum Gasteiger partial charge on any atom is -0.508 e. The van der Waals surface area contributed by atoms with Gasteiger partial charge in [0.2, 0.25) is 95.0 Å². The first-order valence-electron chi connectivity index (χ1n) is 47.2. The zero-order chi connectivity index (χ0) is 106. The summed E-state index contributed by atoms with van der Waals surface area (Å²) in [7, 11) is 4.69. The number of fused-ring (bicyclic) bond motifs is 1. The van der Waals surface area contributed by atoms with Crippen molar-refractivity contribution in [3.8, 4) is 5.75 Å². The minimum absolute atomic E-state index is 0.00893. The fourth-order valence-electron chi connectivity index (χ4n) is 13.9. The van der Waals surface area contributed by atoms with Gasteiger partial charge in [-0.15, -0.1) is 0 Å². The number of unbranched alkanes of at least 4 members (excludes halogenated alkanes) is 6. The van der Waals surface area contributed by atoms with E-state index in [0.29, 0.717) is 48.3 Å². The molecule has 48 nitrogen and oxygen atoms in total. The number of esters is 4. The average Bonchev–Trinajstić information content (AvgIpc) is 1.67. The summed E-state index contributed by atoms with van der Waals surface area (Å²) in [5.41, 5.74) is 6.24. The average molecular weight is 2110 g/mol. The summed E-state index contributed by atoms with van der Waals surface area (Å²) in [6, 6.07) is -2.24. The van der Waals surface area contributed by atoms with Gasteiger partial charge in [0.1, 0.15) is 42.0 Å². The highest BCUT2D eigenvalue weighted by Crippen LogP contribution is 2.33. The number of thioether (sulfide) groups is 5. The van der Waals surface area contributed by atoms with Crippen molar-refractivity contribution in [3.05, 3.63) is 29.8 Å². The first kappa shape index (κ1) is 125. The third-order valence-corrected chi connectivity index (χ3v) is 26.8. The van der Waals surface area contributed by atoms with Crippen LogP contribution in [0.25, 0.3) is 0 Å². The third kappa shape index (κ3) is 59.7. The molecule has 0 saturated carbocycles. The number of rotatable bonds is 77. The van der Waals surface area contributed by atoms with Crippen LogP contribution in [0.15, 0.2) is 24.3 Å². The highest BCUT2D eigenvalue weighted by Gasteiger charge is 2.43. The summed E-state index contributed by atoms with van der Waals surface area (Å²) in [6.45, 7) is -2.46. The van der Waals surface area contributed by atoms with Gasteiger partial charge in [-0.05, 0) is 153 Å². The Bertz CT molecular complexity index is 4390. The van der Waals surface area contributed by atoms with Crippen LogP contribution >= 0.6 is 58.8 Å². The largest absolute Gasteiger partial charge is 0.508 e. The molecule has 143 heavy (non-hydrogen) atoms. The smallest absolute Gasteiger partial charge is 0.316 e. The molecule has 2 saturated heterocycles.